The lowest BCUT2D eigenvalue weighted by atomic mass is 9.98. The molecule has 0 fully saturated rings. The van der Waals surface area contributed by atoms with E-state index < -0.39 is 23.3 Å². The molecule has 0 spiro atoms. The summed E-state index contributed by atoms with van der Waals surface area (Å²) in [4.78, 5) is 39.5. The van der Waals surface area contributed by atoms with Crippen molar-refractivity contribution in [2.45, 2.75) is 39.3 Å². The molecule has 2 heterocycles. The van der Waals surface area contributed by atoms with Gasteiger partial charge in [-0.1, -0.05) is 19.4 Å². The molecule has 0 saturated carbocycles. The van der Waals surface area contributed by atoms with Crippen molar-refractivity contribution in [3.63, 3.8) is 0 Å². The van der Waals surface area contributed by atoms with Crippen LogP contribution in [0.15, 0.2) is 27.8 Å². The van der Waals surface area contributed by atoms with Crippen molar-refractivity contribution in [1.82, 2.24) is 14.9 Å². The lowest BCUT2D eigenvalue weighted by molar-refractivity contribution is 0.248. The fourth-order valence-corrected chi connectivity index (χ4v) is 3.25. The molecule has 0 radical (unpaired) electrons. The number of methoxy groups -OCH3 is 1. The molecule has 1 unspecified atom stereocenters. The van der Waals surface area contributed by atoms with Gasteiger partial charge in [0.15, 0.2) is 11.5 Å². The van der Waals surface area contributed by atoms with Gasteiger partial charge in [-0.25, -0.2) is 9.59 Å². The number of carbonyl (C=O) groups is 1. The number of nitrogens with one attached hydrogen (secondary N) is 3. The van der Waals surface area contributed by atoms with Crippen molar-refractivity contribution in [3.8, 4) is 11.5 Å². The molecule has 9 nitrogen and oxygen atoms in total. The molecule has 3 N–H and O–H groups in total. The lowest BCUT2D eigenvalue weighted by Gasteiger charge is -2.29. The predicted octanol–water partition coefficient (Wildman–Crippen LogP) is 1.97. The molecule has 1 aromatic heterocycles. The first-order valence-corrected chi connectivity index (χ1v) is 9.25. The number of amides is 2. The van der Waals surface area contributed by atoms with Crippen LogP contribution in [0.5, 0.6) is 11.5 Å². The molecule has 1 atom stereocenters. The van der Waals surface area contributed by atoms with Crippen molar-refractivity contribution >= 4 is 11.8 Å². The number of H-pyrrole nitrogens is 1. The zero-order valence-corrected chi connectivity index (χ0v) is 16.1. The molecule has 0 bridgehead atoms. The predicted molar refractivity (Wildman–Crippen MR) is 104 cm³/mol. The van der Waals surface area contributed by atoms with Gasteiger partial charge in [-0.05, 0) is 31.0 Å². The highest BCUT2D eigenvalue weighted by Crippen LogP contribution is 2.34. The van der Waals surface area contributed by atoms with E-state index in [4.69, 9.17) is 9.47 Å². The molecule has 150 valence electrons. The molecule has 1 aromatic carbocycles. The second kappa shape index (κ2) is 8.20. The Morgan fingerprint density at radius 1 is 1.14 bits per heavy atom. The average Bonchev–Trinajstić information content (AvgIpc) is 2.67. The lowest BCUT2D eigenvalue weighted by Crippen LogP contribution is -2.46. The minimum atomic E-state index is -0.731. The minimum absolute atomic E-state index is 0.226. The topological polar surface area (TPSA) is 114 Å². The SMILES string of the molecule is CCCCn1c2c(c(=O)[nH]c1=O)C(c1ccc(OCC)c(OC)c1)NC(=O)N2. The van der Waals surface area contributed by atoms with E-state index in [2.05, 4.69) is 15.6 Å². The Labute approximate surface area is 161 Å². The van der Waals surface area contributed by atoms with E-state index in [0.717, 1.165) is 12.8 Å². The molecule has 2 aromatic rings. The number of unbranched alkanes of at least 4 members (excludes halogenated alkanes) is 1. The molecule has 9 heteroatoms. The summed E-state index contributed by atoms with van der Waals surface area (Å²) < 4.78 is 12.3. The van der Waals surface area contributed by atoms with E-state index in [1.54, 1.807) is 18.2 Å². The van der Waals surface area contributed by atoms with Crippen LogP contribution in [-0.4, -0.2) is 29.3 Å². The fraction of sp³-hybridized carbons (Fsp3) is 0.421. The Kier molecular flexibility index (Phi) is 5.72. The summed E-state index contributed by atoms with van der Waals surface area (Å²) in [5, 5.41) is 5.37. The number of rotatable bonds is 7. The van der Waals surface area contributed by atoms with Crippen LogP contribution < -0.4 is 31.4 Å². The Morgan fingerprint density at radius 3 is 2.61 bits per heavy atom. The van der Waals surface area contributed by atoms with Crippen LogP contribution >= 0.6 is 0 Å². The Balaban J connectivity index is 2.15. The maximum atomic E-state index is 12.6. The first kappa shape index (κ1) is 19.5. The molecule has 1 aliphatic rings. The van der Waals surface area contributed by atoms with Crippen molar-refractivity contribution in [3.05, 3.63) is 50.2 Å². The standard InChI is InChI=1S/C19H24N4O5/c1-4-6-9-23-16-14(17(24)22-19(23)26)15(20-18(25)21-16)11-7-8-12(28-5-2)13(10-11)27-3/h7-8,10,15H,4-6,9H2,1-3H3,(H2,20,21,25)(H,22,24,26). The molecule has 0 saturated heterocycles. The summed E-state index contributed by atoms with van der Waals surface area (Å²) in [6.45, 7) is 4.74. The summed E-state index contributed by atoms with van der Waals surface area (Å²) in [5.74, 6) is 1.28. The van der Waals surface area contributed by atoms with Gasteiger partial charge in [0.05, 0.1) is 25.3 Å². The molecular weight excluding hydrogens is 364 g/mol. The Bertz CT molecular complexity index is 995. The third-order valence-corrected chi connectivity index (χ3v) is 4.59. The van der Waals surface area contributed by atoms with Gasteiger partial charge < -0.3 is 14.8 Å². The van der Waals surface area contributed by atoms with Gasteiger partial charge in [-0.15, -0.1) is 0 Å². The van der Waals surface area contributed by atoms with Gasteiger partial charge in [0.25, 0.3) is 5.56 Å². The molecule has 2 amide bonds. The number of fused-ring (bicyclic) bond motifs is 1. The molecular formula is C19H24N4O5. The Morgan fingerprint density at radius 2 is 1.93 bits per heavy atom. The number of aromatic nitrogens is 2. The van der Waals surface area contributed by atoms with E-state index in [-0.39, 0.29) is 11.4 Å². The summed E-state index contributed by atoms with van der Waals surface area (Å²) in [6, 6.07) is 3.99. The average molecular weight is 388 g/mol. The molecule has 1 aliphatic heterocycles. The van der Waals surface area contributed by atoms with E-state index >= 15 is 0 Å². The maximum absolute atomic E-state index is 12.6. The quantitative estimate of drug-likeness (QED) is 0.671. The smallest absolute Gasteiger partial charge is 0.329 e. The molecule has 0 aliphatic carbocycles. The van der Waals surface area contributed by atoms with Crippen molar-refractivity contribution in [2.24, 2.45) is 0 Å². The van der Waals surface area contributed by atoms with Crippen LogP contribution in [0.1, 0.15) is 43.9 Å². The number of urea groups is 1. The summed E-state index contributed by atoms with van der Waals surface area (Å²) in [5.41, 5.74) is -0.162. The maximum Gasteiger partial charge on any atom is 0.329 e. The van der Waals surface area contributed by atoms with Gasteiger partial charge >= 0.3 is 11.7 Å². The van der Waals surface area contributed by atoms with Gasteiger partial charge in [0.1, 0.15) is 5.82 Å². The van der Waals surface area contributed by atoms with Gasteiger partial charge in [0, 0.05) is 6.54 Å². The van der Waals surface area contributed by atoms with Crippen LogP contribution in [-0.2, 0) is 6.54 Å². The van der Waals surface area contributed by atoms with Crippen LogP contribution in [0.2, 0.25) is 0 Å². The number of hydrogen-bond acceptors (Lipinski definition) is 5. The fourth-order valence-electron chi connectivity index (χ4n) is 3.25. The van der Waals surface area contributed by atoms with Crippen LogP contribution in [0, 0.1) is 0 Å². The number of anilines is 1. The van der Waals surface area contributed by atoms with E-state index in [9.17, 15) is 14.4 Å². The number of nitrogens with zero attached hydrogens (tertiary/aromatic N) is 1. The third kappa shape index (κ3) is 3.60. The second-order valence-corrected chi connectivity index (χ2v) is 6.40. The van der Waals surface area contributed by atoms with E-state index in [1.807, 2.05) is 13.8 Å². The zero-order valence-electron chi connectivity index (χ0n) is 16.1. The van der Waals surface area contributed by atoms with Crippen LogP contribution in [0.3, 0.4) is 0 Å². The number of benzene rings is 1. The van der Waals surface area contributed by atoms with Gasteiger partial charge in [0.2, 0.25) is 0 Å². The van der Waals surface area contributed by atoms with Crippen molar-refractivity contribution in [1.29, 1.82) is 0 Å². The normalized spacial score (nSPS) is 15.4. The summed E-state index contributed by atoms with van der Waals surface area (Å²) in [6.07, 6.45) is 1.61. The van der Waals surface area contributed by atoms with Crippen LogP contribution in [0.25, 0.3) is 0 Å². The first-order valence-electron chi connectivity index (χ1n) is 9.25. The highest BCUT2D eigenvalue weighted by molar-refractivity contribution is 5.92. The molecule has 3 rings (SSSR count). The second-order valence-electron chi connectivity index (χ2n) is 6.40. The largest absolute Gasteiger partial charge is 0.493 e. The first-order chi connectivity index (χ1) is 13.5. The van der Waals surface area contributed by atoms with Crippen LogP contribution in [0.4, 0.5) is 10.6 Å². The number of carbonyl (C=O) groups excluding carboxylic acids is 1. The molecule has 28 heavy (non-hydrogen) atoms. The Hall–Kier alpha value is -3.23. The zero-order chi connectivity index (χ0) is 20.3. The van der Waals surface area contributed by atoms with Crippen molar-refractivity contribution in [2.75, 3.05) is 19.0 Å². The number of ether oxygens (including phenoxy) is 2. The van der Waals surface area contributed by atoms with E-state index in [0.29, 0.717) is 30.2 Å². The monoisotopic (exact) mass is 388 g/mol. The summed E-state index contributed by atoms with van der Waals surface area (Å²) in [7, 11) is 1.52. The van der Waals surface area contributed by atoms with Gasteiger partial charge in [-0.2, -0.15) is 0 Å². The summed E-state index contributed by atoms with van der Waals surface area (Å²) >= 11 is 0. The van der Waals surface area contributed by atoms with E-state index in [1.165, 1.54) is 11.7 Å². The third-order valence-electron chi connectivity index (χ3n) is 4.59. The highest BCUT2D eigenvalue weighted by Gasteiger charge is 2.31. The number of hydrogen-bond donors (Lipinski definition) is 3. The number of aromatic amines is 1. The highest BCUT2D eigenvalue weighted by atomic mass is 16.5. The van der Waals surface area contributed by atoms with Crippen molar-refractivity contribution < 1.29 is 14.3 Å². The van der Waals surface area contributed by atoms with Gasteiger partial charge in [-0.3, -0.25) is 19.7 Å². The minimum Gasteiger partial charge on any atom is -0.493 e.